The van der Waals surface area contributed by atoms with Crippen LogP contribution in [0.15, 0.2) is 36.4 Å². The van der Waals surface area contributed by atoms with Crippen LogP contribution >= 0.6 is 11.8 Å². The van der Waals surface area contributed by atoms with Gasteiger partial charge < -0.3 is 29.9 Å². The van der Waals surface area contributed by atoms with Gasteiger partial charge in [0.05, 0.1) is 37.2 Å². The number of aliphatic hydroxyl groups is 4. The van der Waals surface area contributed by atoms with Crippen molar-refractivity contribution in [1.29, 1.82) is 0 Å². The number of fused-ring (bicyclic) bond motifs is 2. The van der Waals surface area contributed by atoms with Crippen molar-refractivity contribution in [2.24, 2.45) is 0 Å². The number of ether oxygens (including phenoxy) is 2. The van der Waals surface area contributed by atoms with Gasteiger partial charge >= 0.3 is 6.18 Å². The number of hydrogen-bond acceptors (Lipinski definition) is 7. The third kappa shape index (κ3) is 3.89. The van der Waals surface area contributed by atoms with Crippen molar-refractivity contribution < 1.29 is 43.1 Å². The lowest BCUT2D eigenvalue weighted by molar-refractivity contribution is -0.147. The van der Waals surface area contributed by atoms with E-state index in [0.717, 1.165) is 23.9 Å². The third-order valence-electron chi connectivity index (χ3n) is 5.95. The number of halogens is 3. The minimum Gasteiger partial charge on any atom is -0.496 e. The molecule has 2 aromatic rings. The maximum Gasteiger partial charge on any atom is 0.416 e. The van der Waals surface area contributed by atoms with Gasteiger partial charge in [-0.2, -0.15) is 13.2 Å². The summed E-state index contributed by atoms with van der Waals surface area (Å²) in [5.41, 5.74) is 1.83. The van der Waals surface area contributed by atoms with Crippen LogP contribution in [0.5, 0.6) is 5.75 Å². The average Bonchev–Trinajstić information content (AvgIpc) is 3.12. The number of thioether (sulfide) groups is 1. The van der Waals surface area contributed by atoms with Gasteiger partial charge in [0.25, 0.3) is 0 Å². The number of hydrogen-bond donors (Lipinski definition) is 4. The van der Waals surface area contributed by atoms with Crippen LogP contribution in [0.25, 0.3) is 0 Å². The summed E-state index contributed by atoms with van der Waals surface area (Å²) >= 11 is 1.04. The van der Waals surface area contributed by atoms with Crippen LogP contribution in [0.1, 0.15) is 27.8 Å². The fourth-order valence-electron chi connectivity index (χ4n) is 4.22. The number of aliphatic hydroxyl groups excluding tert-OH is 4. The maximum absolute atomic E-state index is 12.9. The highest BCUT2D eigenvalue weighted by molar-refractivity contribution is 8.00. The van der Waals surface area contributed by atoms with Gasteiger partial charge in [-0.25, -0.2) is 0 Å². The van der Waals surface area contributed by atoms with Gasteiger partial charge in [0.1, 0.15) is 18.0 Å². The van der Waals surface area contributed by atoms with Crippen molar-refractivity contribution >= 4 is 11.8 Å². The first-order chi connectivity index (χ1) is 15.1. The Kier molecular flexibility index (Phi) is 6.21. The maximum atomic E-state index is 12.9. The fraction of sp³-hybridized carbons (Fsp3) is 0.455. The molecule has 2 heterocycles. The summed E-state index contributed by atoms with van der Waals surface area (Å²) in [7, 11) is 1.48. The van der Waals surface area contributed by atoms with E-state index in [4.69, 9.17) is 9.47 Å². The van der Waals surface area contributed by atoms with Crippen LogP contribution in [-0.4, -0.2) is 57.7 Å². The Balaban J connectivity index is 1.71. The molecule has 0 amide bonds. The smallest absolute Gasteiger partial charge is 0.416 e. The lowest BCUT2D eigenvalue weighted by Crippen LogP contribution is -2.58. The molecule has 4 rings (SSSR count). The van der Waals surface area contributed by atoms with Crippen LogP contribution in [0, 0.1) is 0 Å². The lowest BCUT2D eigenvalue weighted by Gasteiger charge is -2.45. The fourth-order valence-corrected chi connectivity index (χ4v) is 5.76. The Hall–Kier alpha value is -1.82. The summed E-state index contributed by atoms with van der Waals surface area (Å²) in [6, 6.07) is 8.31. The van der Waals surface area contributed by atoms with E-state index < -0.39 is 46.8 Å². The highest BCUT2D eigenvalue weighted by Gasteiger charge is 2.57. The van der Waals surface area contributed by atoms with E-state index in [-0.39, 0.29) is 13.0 Å². The molecule has 174 valence electrons. The van der Waals surface area contributed by atoms with Gasteiger partial charge in [0.2, 0.25) is 0 Å². The van der Waals surface area contributed by atoms with Gasteiger partial charge in [-0.1, -0.05) is 12.1 Å². The van der Waals surface area contributed by atoms with Crippen molar-refractivity contribution in [2.75, 3.05) is 13.7 Å². The number of alkyl halides is 3. The minimum atomic E-state index is -4.42. The van der Waals surface area contributed by atoms with Gasteiger partial charge in [0, 0.05) is 12.0 Å². The summed E-state index contributed by atoms with van der Waals surface area (Å²) in [4.78, 5) is -1.40. The van der Waals surface area contributed by atoms with Crippen molar-refractivity contribution in [1.82, 2.24) is 0 Å². The molecule has 0 bridgehead atoms. The first-order valence-corrected chi connectivity index (χ1v) is 10.8. The molecule has 0 aromatic heterocycles. The van der Waals surface area contributed by atoms with Crippen molar-refractivity contribution in [3.8, 4) is 5.75 Å². The summed E-state index contributed by atoms with van der Waals surface area (Å²) in [5, 5.41) is 40.2. The van der Waals surface area contributed by atoms with Crippen LogP contribution in [0.3, 0.4) is 0 Å². The monoisotopic (exact) mass is 472 g/mol. The first kappa shape index (κ1) is 23.3. The van der Waals surface area contributed by atoms with Gasteiger partial charge in [0.15, 0.2) is 4.93 Å². The van der Waals surface area contributed by atoms with E-state index in [1.54, 1.807) is 12.1 Å². The van der Waals surface area contributed by atoms with E-state index in [1.807, 2.05) is 0 Å². The normalized spacial score (nSPS) is 29.9. The van der Waals surface area contributed by atoms with E-state index in [9.17, 15) is 33.6 Å². The predicted octanol–water partition coefficient (Wildman–Crippen LogP) is 2.18. The van der Waals surface area contributed by atoms with E-state index in [0.29, 0.717) is 28.0 Å². The standard InChI is InChI=1S/C22H23F3O6S/c1-30-16-8-13-10-31-21(20(29)19(28)18(27)17(9-26)32-21)15(13)7-12(16)6-11-2-4-14(5-3-11)22(23,24)25/h2-5,7-8,17-20,26-29H,6,9-10H2,1H3/t17-,18-,19+,20-,21+/m1/s1. The Morgan fingerprint density at radius 3 is 2.41 bits per heavy atom. The molecule has 2 aliphatic heterocycles. The molecule has 2 aliphatic rings. The lowest BCUT2D eigenvalue weighted by atomic mass is 9.90. The molecule has 32 heavy (non-hydrogen) atoms. The molecule has 0 aliphatic carbocycles. The predicted molar refractivity (Wildman–Crippen MR) is 110 cm³/mol. The molecule has 0 saturated carbocycles. The summed E-state index contributed by atoms with van der Waals surface area (Å²) in [5.74, 6) is 0.513. The van der Waals surface area contributed by atoms with Crippen LogP contribution in [-0.2, 0) is 28.9 Å². The summed E-state index contributed by atoms with van der Waals surface area (Å²) < 4.78 is 50.0. The van der Waals surface area contributed by atoms with Crippen LogP contribution in [0.4, 0.5) is 13.2 Å². The van der Waals surface area contributed by atoms with Crippen LogP contribution in [0.2, 0.25) is 0 Å². The Morgan fingerprint density at radius 2 is 1.81 bits per heavy atom. The zero-order chi connectivity index (χ0) is 23.3. The molecular weight excluding hydrogens is 449 g/mol. The van der Waals surface area contributed by atoms with E-state index >= 15 is 0 Å². The molecule has 5 atom stereocenters. The largest absolute Gasteiger partial charge is 0.496 e. The quantitative estimate of drug-likeness (QED) is 0.541. The van der Waals surface area contributed by atoms with Crippen LogP contribution < -0.4 is 4.74 Å². The second-order valence-electron chi connectivity index (χ2n) is 7.91. The topological polar surface area (TPSA) is 99.4 Å². The zero-order valence-electron chi connectivity index (χ0n) is 17.0. The zero-order valence-corrected chi connectivity index (χ0v) is 17.9. The Morgan fingerprint density at radius 1 is 1.12 bits per heavy atom. The number of methoxy groups -OCH3 is 1. The second-order valence-corrected chi connectivity index (χ2v) is 9.36. The second kappa shape index (κ2) is 8.51. The van der Waals surface area contributed by atoms with Crippen molar-refractivity contribution in [2.45, 2.75) is 47.7 Å². The molecule has 1 fully saturated rings. The third-order valence-corrected chi connectivity index (χ3v) is 7.61. The van der Waals surface area contributed by atoms with E-state index in [1.165, 1.54) is 19.2 Å². The van der Waals surface area contributed by atoms with Crippen molar-refractivity contribution in [3.63, 3.8) is 0 Å². The van der Waals surface area contributed by atoms with E-state index in [2.05, 4.69) is 0 Å². The molecular formula is C22H23F3O6S. The summed E-state index contributed by atoms with van der Waals surface area (Å²) in [6.45, 7) is -0.304. The molecule has 10 heteroatoms. The highest BCUT2D eigenvalue weighted by atomic mass is 32.2. The molecule has 6 nitrogen and oxygen atoms in total. The first-order valence-electron chi connectivity index (χ1n) is 9.94. The average molecular weight is 472 g/mol. The Labute approximate surface area is 186 Å². The van der Waals surface area contributed by atoms with Crippen molar-refractivity contribution in [3.05, 3.63) is 64.2 Å². The van der Waals surface area contributed by atoms with Gasteiger partial charge in [-0.05, 0) is 41.0 Å². The minimum absolute atomic E-state index is 0.122. The molecule has 1 saturated heterocycles. The Bertz CT molecular complexity index is 981. The summed E-state index contributed by atoms with van der Waals surface area (Å²) in [6.07, 6.45) is -8.47. The number of benzene rings is 2. The molecule has 1 spiro atoms. The highest BCUT2D eigenvalue weighted by Crippen LogP contribution is 2.55. The van der Waals surface area contributed by atoms with Gasteiger partial charge in [-0.3, -0.25) is 0 Å². The molecule has 2 aromatic carbocycles. The molecule has 0 radical (unpaired) electrons. The van der Waals surface area contributed by atoms with Gasteiger partial charge in [-0.15, -0.1) is 11.8 Å². The molecule has 4 N–H and O–H groups in total. The number of rotatable bonds is 4. The molecule has 0 unspecified atom stereocenters. The SMILES string of the molecule is COc1cc2c(cc1Cc1ccc(C(F)(F)F)cc1)[C@]1(OC2)S[C@H](CO)[C@@H](O)[C@H](O)[C@H]1O.